The molecule has 0 amide bonds. The molecule has 0 radical (unpaired) electrons. The Morgan fingerprint density at radius 1 is 1.19 bits per heavy atom. The fourth-order valence-corrected chi connectivity index (χ4v) is 3.09. The summed E-state index contributed by atoms with van der Waals surface area (Å²) in [7, 11) is 0. The molecule has 1 aliphatic heterocycles. The average Bonchev–Trinajstić information content (AvgIpc) is 3.24. The quantitative estimate of drug-likeness (QED) is 0.836. The van der Waals surface area contributed by atoms with Crippen LogP contribution in [-0.2, 0) is 13.1 Å². The van der Waals surface area contributed by atoms with E-state index in [1.807, 2.05) is 0 Å². The van der Waals surface area contributed by atoms with Gasteiger partial charge in [0, 0.05) is 44.3 Å². The van der Waals surface area contributed by atoms with Crippen LogP contribution in [0.1, 0.15) is 43.3 Å². The summed E-state index contributed by atoms with van der Waals surface area (Å²) in [6, 6.07) is 3.01. The molecule has 118 valence electrons. The highest BCUT2D eigenvalue weighted by atomic mass is 16.3. The third-order valence-electron chi connectivity index (χ3n) is 4.61. The molecule has 1 saturated heterocycles. The van der Waals surface area contributed by atoms with Gasteiger partial charge in [-0.05, 0) is 38.8 Å². The van der Waals surface area contributed by atoms with Crippen LogP contribution in [0.25, 0.3) is 0 Å². The first-order valence-electron chi connectivity index (χ1n) is 8.51. The smallest absolute Gasteiger partial charge is 0.118 e. The van der Waals surface area contributed by atoms with Gasteiger partial charge in [0.2, 0.25) is 0 Å². The largest absolute Gasteiger partial charge is 0.465 e. The SMILES string of the molecule is CCCN1CCN(Cc2cc(CNC3CC3)c(C)o2)CC1. The van der Waals surface area contributed by atoms with Crippen LogP contribution >= 0.6 is 0 Å². The zero-order valence-electron chi connectivity index (χ0n) is 13.5. The van der Waals surface area contributed by atoms with Gasteiger partial charge in [-0.15, -0.1) is 0 Å². The Hall–Kier alpha value is -0.840. The van der Waals surface area contributed by atoms with Gasteiger partial charge < -0.3 is 14.6 Å². The average molecular weight is 291 g/mol. The fourth-order valence-electron chi connectivity index (χ4n) is 3.09. The van der Waals surface area contributed by atoms with E-state index < -0.39 is 0 Å². The number of rotatable bonds is 7. The van der Waals surface area contributed by atoms with Gasteiger partial charge in [0.15, 0.2) is 0 Å². The van der Waals surface area contributed by atoms with Crippen molar-refractivity contribution >= 4 is 0 Å². The number of furan rings is 1. The molecule has 0 atom stereocenters. The van der Waals surface area contributed by atoms with E-state index in [4.69, 9.17) is 4.42 Å². The van der Waals surface area contributed by atoms with E-state index in [0.29, 0.717) is 0 Å². The Balaban J connectivity index is 1.47. The highest BCUT2D eigenvalue weighted by molar-refractivity contribution is 5.21. The van der Waals surface area contributed by atoms with Gasteiger partial charge in [-0.3, -0.25) is 4.90 Å². The molecule has 2 fully saturated rings. The minimum absolute atomic E-state index is 0.759. The molecule has 21 heavy (non-hydrogen) atoms. The van der Waals surface area contributed by atoms with Gasteiger partial charge in [-0.25, -0.2) is 0 Å². The third-order valence-corrected chi connectivity index (χ3v) is 4.61. The first-order valence-corrected chi connectivity index (χ1v) is 8.51. The van der Waals surface area contributed by atoms with E-state index in [-0.39, 0.29) is 0 Å². The summed E-state index contributed by atoms with van der Waals surface area (Å²) in [4.78, 5) is 5.08. The van der Waals surface area contributed by atoms with Crippen molar-refractivity contribution in [1.29, 1.82) is 0 Å². The van der Waals surface area contributed by atoms with Gasteiger partial charge >= 0.3 is 0 Å². The van der Waals surface area contributed by atoms with Crippen LogP contribution in [0.4, 0.5) is 0 Å². The zero-order valence-corrected chi connectivity index (χ0v) is 13.5. The number of nitrogens with one attached hydrogen (secondary N) is 1. The minimum atomic E-state index is 0.759. The Morgan fingerprint density at radius 3 is 2.57 bits per heavy atom. The molecular formula is C17H29N3O. The maximum absolute atomic E-state index is 5.95. The molecule has 4 nitrogen and oxygen atoms in total. The van der Waals surface area contributed by atoms with E-state index in [1.165, 1.54) is 44.5 Å². The molecule has 2 heterocycles. The van der Waals surface area contributed by atoms with Crippen LogP contribution < -0.4 is 5.32 Å². The van der Waals surface area contributed by atoms with E-state index in [0.717, 1.165) is 43.7 Å². The van der Waals surface area contributed by atoms with E-state index in [1.54, 1.807) is 0 Å². The van der Waals surface area contributed by atoms with Crippen molar-refractivity contribution in [3.05, 3.63) is 23.2 Å². The molecule has 0 aromatic carbocycles. The van der Waals surface area contributed by atoms with Crippen molar-refractivity contribution in [3.8, 4) is 0 Å². The van der Waals surface area contributed by atoms with Crippen LogP contribution in [0.3, 0.4) is 0 Å². The molecule has 1 aliphatic carbocycles. The summed E-state index contributed by atoms with van der Waals surface area (Å²) in [6.07, 6.45) is 3.94. The van der Waals surface area contributed by atoms with E-state index in [2.05, 4.69) is 35.0 Å². The van der Waals surface area contributed by atoms with Crippen molar-refractivity contribution in [2.45, 2.75) is 52.2 Å². The normalized spacial score (nSPS) is 21.0. The summed E-state index contributed by atoms with van der Waals surface area (Å²) in [5.41, 5.74) is 1.33. The van der Waals surface area contributed by atoms with Crippen LogP contribution in [0.2, 0.25) is 0 Å². The first-order chi connectivity index (χ1) is 10.2. The summed E-state index contributed by atoms with van der Waals surface area (Å²) in [5.74, 6) is 2.21. The molecule has 0 bridgehead atoms. The second kappa shape index (κ2) is 6.95. The zero-order chi connectivity index (χ0) is 14.7. The monoisotopic (exact) mass is 291 g/mol. The lowest BCUT2D eigenvalue weighted by Gasteiger charge is -2.33. The predicted octanol–water partition coefficient (Wildman–Crippen LogP) is 2.37. The Kier molecular flexibility index (Phi) is 4.99. The topological polar surface area (TPSA) is 31.6 Å². The molecule has 1 aromatic rings. The van der Waals surface area contributed by atoms with Crippen LogP contribution in [-0.4, -0.2) is 48.6 Å². The van der Waals surface area contributed by atoms with Gasteiger partial charge in [0.05, 0.1) is 6.54 Å². The number of nitrogens with zero attached hydrogens (tertiary/aromatic N) is 2. The summed E-state index contributed by atoms with van der Waals surface area (Å²) in [5, 5.41) is 3.57. The second-order valence-corrected chi connectivity index (χ2v) is 6.57. The van der Waals surface area contributed by atoms with Crippen molar-refractivity contribution in [2.24, 2.45) is 0 Å². The molecule has 1 N–H and O–H groups in total. The predicted molar refractivity (Wildman–Crippen MR) is 85.3 cm³/mol. The van der Waals surface area contributed by atoms with Crippen LogP contribution in [0.15, 0.2) is 10.5 Å². The number of aryl methyl sites for hydroxylation is 1. The summed E-state index contributed by atoms with van der Waals surface area (Å²) >= 11 is 0. The van der Waals surface area contributed by atoms with Crippen LogP contribution in [0, 0.1) is 6.92 Å². The van der Waals surface area contributed by atoms with E-state index >= 15 is 0 Å². The second-order valence-electron chi connectivity index (χ2n) is 6.57. The summed E-state index contributed by atoms with van der Waals surface area (Å²) < 4.78 is 5.95. The highest BCUT2D eigenvalue weighted by Gasteiger charge is 2.21. The standard InChI is InChI=1S/C17H29N3O/c1-3-6-19-7-9-20(10-8-19)13-17-11-15(14(2)21-17)12-18-16-4-5-16/h11,16,18H,3-10,12-13H2,1-2H3. The van der Waals surface area contributed by atoms with Crippen molar-refractivity contribution in [3.63, 3.8) is 0 Å². The van der Waals surface area contributed by atoms with Crippen molar-refractivity contribution in [2.75, 3.05) is 32.7 Å². The minimum Gasteiger partial charge on any atom is -0.465 e. The van der Waals surface area contributed by atoms with Gasteiger partial charge in [0.25, 0.3) is 0 Å². The van der Waals surface area contributed by atoms with Crippen molar-refractivity contribution < 1.29 is 4.42 Å². The van der Waals surface area contributed by atoms with Gasteiger partial charge in [0.1, 0.15) is 11.5 Å². The van der Waals surface area contributed by atoms with Crippen molar-refractivity contribution in [1.82, 2.24) is 15.1 Å². The van der Waals surface area contributed by atoms with Gasteiger partial charge in [-0.1, -0.05) is 6.92 Å². The van der Waals surface area contributed by atoms with Crippen LogP contribution in [0.5, 0.6) is 0 Å². The number of piperazine rings is 1. The van der Waals surface area contributed by atoms with E-state index in [9.17, 15) is 0 Å². The molecule has 1 aromatic heterocycles. The number of hydrogen-bond donors (Lipinski definition) is 1. The lowest BCUT2D eigenvalue weighted by molar-refractivity contribution is 0.121. The Labute approximate surface area is 128 Å². The summed E-state index contributed by atoms with van der Waals surface area (Å²) in [6.45, 7) is 12.2. The molecule has 0 spiro atoms. The maximum atomic E-state index is 5.95. The lowest BCUT2D eigenvalue weighted by atomic mass is 10.2. The molecular weight excluding hydrogens is 262 g/mol. The van der Waals surface area contributed by atoms with Gasteiger partial charge in [-0.2, -0.15) is 0 Å². The molecule has 1 saturated carbocycles. The highest BCUT2D eigenvalue weighted by Crippen LogP contribution is 2.22. The first kappa shape index (κ1) is 15.1. The third kappa shape index (κ3) is 4.31. The molecule has 3 rings (SSSR count). The molecule has 0 unspecified atom stereocenters. The Morgan fingerprint density at radius 2 is 1.90 bits per heavy atom. The fraction of sp³-hybridized carbons (Fsp3) is 0.765. The Bertz CT molecular complexity index is 445. The maximum Gasteiger partial charge on any atom is 0.118 e. The molecule has 2 aliphatic rings. The molecule has 4 heteroatoms. The lowest BCUT2D eigenvalue weighted by Crippen LogP contribution is -2.45. The number of hydrogen-bond acceptors (Lipinski definition) is 4.